The number of carbonyl (C=O) groups excluding carboxylic acids is 1. The summed E-state index contributed by atoms with van der Waals surface area (Å²) in [6, 6.07) is 3.48. The van der Waals surface area contributed by atoms with Gasteiger partial charge in [0.2, 0.25) is 0 Å². The van der Waals surface area contributed by atoms with Crippen LogP contribution in [0.1, 0.15) is 16.8 Å². The average Bonchev–Trinajstić information content (AvgIpc) is 2.93. The molecular formula is C14H13F4NO3S. The normalized spacial score (nSPS) is 21.5. The molecule has 0 aromatic heterocycles. The van der Waals surface area contributed by atoms with E-state index in [1.807, 2.05) is 0 Å². The van der Waals surface area contributed by atoms with Crippen molar-refractivity contribution in [2.75, 3.05) is 19.3 Å². The number of alkyl halides is 3. The molecule has 4 nitrogen and oxygen atoms in total. The first-order valence-corrected chi connectivity index (χ1v) is 7.78. The van der Waals surface area contributed by atoms with Gasteiger partial charge >= 0.3 is 12.1 Å². The third-order valence-electron chi connectivity index (χ3n) is 3.91. The Hall–Kier alpha value is -1.77. The van der Waals surface area contributed by atoms with Crippen LogP contribution in [0.2, 0.25) is 0 Å². The highest BCUT2D eigenvalue weighted by Gasteiger charge is 2.64. The molecule has 23 heavy (non-hydrogen) atoms. The van der Waals surface area contributed by atoms with Crippen LogP contribution in [0.5, 0.6) is 0 Å². The monoisotopic (exact) mass is 351 g/mol. The summed E-state index contributed by atoms with van der Waals surface area (Å²) in [6.45, 7) is -1.27. The van der Waals surface area contributed by atoms with Crippen LogP contribution in [0.3, 0.4) is 0 Å². The molecule has 1 N–H and O–H groups in total. The minimum absolute atomic E-state index is 0.0270. The van der Waals surface area contributed by atoms with Crippen LogP contribution in [0.15, 0.2) is 23.1 Å². The Balaban J connectivity index is 2.28. The van der Waals surface area contributed by atoms with Crippen LogP contribution in [0.4, 0.5) is 17.6 Å². The van der Waals surface area contributed by atoms with Gasteiger partial charge in [-0.3, -0.25) is 9.59 Å². The molecule has 2 rings (SSSR count). The number of aliphatic carboxylic acids is 1. The summed E-state index contributed by atoms with van der Waals surface area (Å²) >= 11 is 1.06. The van der Waals surface area contributed by atoms with Crippen molar-refractivity contribution in [1.82, 2.24) is 4.90 Å². The largest absolute Gasteiger partial charge is 0.481 e. The molecule has 1 atom stereocenters. The van der Waals surface area contributed by atoms with Gasteiger partial charge in [-0.05, 0) is 30.9 Å². The predicted molar refractivity (Wildman–Crippen MR) is 74.8 cm³/mol. The van der Waals surface area contributed by atoms with Gasteiger partial charge < -0.3 is 10.0 Å². The molecule has 126 valence electrons. The molecule has 1 saturated heterocycles. The van der Waals surface area contributed by atoms with Gasteiger partial charge in [-0.15, -0.1) is 11.8 Å². The number of carbonyl (C=O) groups is 2. The number of hydrogen-bond donors (Lipinski definition) is 1. The quantitative estimate of drug-likeness (QED) is 0.672. The van der Waals surface area contributed by atoms with E-state index >= 15 is 0 Å². The number of rotatable bonds is 3. The number of likely N-dealkylation sites (tertiary alicyclic amines) is 1. The fourth-order valence-corrected chi connectivity index (χ4v) is 2.99. The summed E-state index contributed by atoms with van der Waals surface area (Å²) < 4.78 is 52.7. The predicted octanol–water partition coefficient (Wildman–Crippen LogP) is 3.03. The van der Waals surface area contributed by atoms with Crippen LogP contribution in [-0.4, -0.2) is 47.4 Å². The van der Waals surface area contributed by atoms with Crippen molar-refractivity contribution in [3.8, 4) is 0 Å². The van der Waals surface area contributed by atoms with E-state index in [1.165, 1.54) is 12.1 Å². The number of thioether (sulfide) groups is 1. The van der Waals surface area contributed by atoms with Crippen LogP contribution >= 0.6 is 11.8 Å². The van der Waals surface area contributed by atoms with E-state index in [2.05, 4.69) is 0 Å². The lowest BCUT2D eigenvalue weighted by molar-refractivity contribution is -0.227. The van der Waals surface area contributed by atoms with Gasteiger partial charge in [-0.25, -0.2) is 4.39 Å². The minimum atomic E-state index is -4.96. The number of carboxylic acid groups (broad SMARTS) is 1. The summed E-state index contributed by atoms with van der Waals surface area (Å²) in [4.78, 5) is 24.4. The first kappa shape index (κ1) is 17.6. The molecule has 1 aromatic carbocycles. The SMILES string of the molecule is CSc1cc(C(=O)N2CCC(C(=O)O)(C(F)(F)F)C2)ccc1F. The number of amides is 1. The van der Waals surface area contributed by atoms with E-state index in [9.17, 15) is 27.2 Å². The lowest BCUT2D eigenvalue weighted by Gasteiger charge is -2.27. The van der Waals surface area contributed by atoms with Crippen molar-refractivity contribution in [2.45, 2.75) is 17.5 Å². The molecule has 0 spiro atoms. The van der Waals surface area contributed by atoms with Crippen LogP contribution in [-0.2, 0) is 4.79 Å². The maximum absolute atomic E-state index is 13.4. The molecule has 1 heterocycles. The highest BCUT2D eigenvalue weighted by molar-refractivity contribution is 7.98. The zero-order valence-corrected chi connectivity index (χ0v) is 12.8. The Labute approximate surface area is 133 Å². The lowest BCUT2D eigenvalue weighted by Crippen LogP contribution is -2.47. The fraction of sp³-hybridized carbons (Fsp3) is 0.429. The number of nitrogens with zero attached hydrogens (tertiary/aromatic N) is 1. The molecule has 0 saturated carbocycles. The first-order valence-electron chi connectivity index (χ1n) is 6.55. The Morgan fingerprint density at radius 1 is 1.35 bits per heavy atom. The van der Waals surface area contributed by atoms with Gasteiger partial charge in [0.1, 0.15) is 5.82 Å². The second kappa shape index (κ2) is 6.03. The third kappa shape index (κ3) is 3.01. The van der Waals surface area contributed by atoms with E-state index in [0.29, 0.717) is 0 Å². The van der Waals surface area contributed by atoms with E-state index in [0.717, 1.165) is 22.7 Å². The molecule has 9 heteroatoms. The first-order chi connectivity index (χ1) is 10.6. The van der Waals surface area contributed by atoms with Crippen molar-refractivity contribution in [3.63, 3.8) is 0 Å². The molecule has 1 aliphatic rings. The molecule has 0 radical (unpaired) electrons. The van der Waals surface area contributed by atoms with Gasteiger partial charge in [0.05, 0.1) is 0 Å². The van der Waals surface area contributed by atoms with Crippen molar-refractivity contribution in [2.24, 2.45) is 5.41 Å². The van der Waals surface area contributed by atoms with Crippen molar-refractivity contribution < 1.29 is 32.3 Å². The highest BCUT2D eigenvalue weighted by Crippen LogP contribution is 2.46. The maximum atomic E-state index is 13.4. The summed E-state index contributed by atoms with van der Waals surface area (Å²) in [7, 11) is 0. The van der Waals surface area contributed by atoms with Crippen LogP contribution < -0.4 is 0 Å². The second-order valence-corrected chi connectivity index (χ2v) is 6.06. The number of halogens is 4. The second-order valence-electron chi connectivity index (χ2n) is 5.21. The number of hydrogen-bond acceptors (Lipinski definition) is 3. The molecule has 0 bridgehead atoms. The Bertz CT molecular complexity index is 649. The zero-order valence-electron chi connectivity index (χ0n) is 12.0. The average molecular weight is 351 g/mol. The lowest BCUT2D eigenvalue weighted by atomic mass is 9.86. The summed E-state index contributed by atoms with van der Waals surface area (Å²) in [5, 5.41) is 8.98. The molecular weight excluding hydrogens is 338 g/mol. The summed E-state index contributed by atoms with van der Waals surface area (Å²) in [5.74, 6) is -3.28. The van der Waals surface area contributed by atoms with E-state index in [1.54, 1.807) is 6.26 Å². The molecule has 1 aromatic rings. The molecule has 0 aliphatic carbocycles. The smallest absolute Gasteiger partial charge is 0.406 e. The zero-order chi connectivity index (χ0) is 17.4. The minimum Gasteiger partial charge on any atom is -0.481 e. The van der Waals surface area contributed by atoms with Crippen LogP contribution in [0.25, 0.3) is 0 Å². The highest BCUT2D eigenvalue weighted by atomic mass is 32.2. The van der Waals surface area contributed by atoms with Gasteiger partial charge in [0.15, 0.2) is 5.41 Å². The fourth-order valence-electron chi connectivity index (χ4n) is 2.49. The number of benzene rings is 1. The Kier molecular flexibility index (Phi) is 4.61. The number of carboxylic acids is 1. The maximum Gasteiger partial charge on any atom is 0.406 e. The van der Waals surface area contributed by atoms with Gasteiger partial charge in [0.25, 0.3) is 5.91 Å². The van der Waals surface area contributed by atoms with Gasteiger partial charge in [-0.2, -0.15) is 13.2 Å². The Morgan fingerprint density at radius 2 is 2.00 bits per heavy atom. The molecule has 1 unspecified atom stereocenters. The molecule has 1 aliphatic heterocycles. The van der Waals surface area contributed by atoms with Crippen LogP contribution in [0, 0.1) is 11.2 Å². The topological polar surface area (TPSA) is 57.6 Å². The molecule has 1 amide bonds. The van der Waals surface area contributed by atoms with Gasteiger partial charge in [-0.1, -0.05) is 0 Å². The van der Waals surface area contributed by atoms with E-state index in [4.69, 9.17) is 5.11 Å². The summed E-state index contributed by atoms with van der Waals surface area (Å²) in [6.07, 6.45) is -4.06. The summed E-state index contributed by atoms with van der Waals surface area (Å²) in [5.41, 5.74) is -2.93. The van der Waals surface area contributed by atoms with Crippen molar-refractivity contribution in [3.05, 3.63) is 29.6 Å². The molecule has 1 fully saturated rings. The van der Waals surface area contributed by atoms with Crippen molar-refractivity contribution >= 4 is 23.6 Å². The van der Waals surface area contributed by atoms with E-state index in [-0.39, 0.29) is 17.0 Å². The standard InChI is InChI=1S/C14H13F4NO3S/c1-23-10-6-8(2-3-9(10)15)11(20)19-5-4-13(7-19,12(21)22)14(16,17)18/h2-3,6H,4-5,7H2,1H3,(H,21,22). The van der Waals surface area contributed by atoms with Gasteiger partial charge in [0, 0.05) is 23.5 Å². The Morgan fingerprint density at radius 3 is 2.48 bits per heavy atom. The van der Waals surface area contributed by atoms with E-state index < -0.39 is 42.3 Å². The van der Waals surface area contributed by atoms with Crippen molar-refractivity contribution in [1.29, 1.82) is 0 Å². The third-order valence-corrected chi connectivity index (χ3v) is 4.66.